The largest absolute Gasteiger partial charge is 0.479 e. The zero-order valence-electron chi connectivity index (χ0n) is 10.0. The van der Waals surface area contributed by atoms with Crippen LogP contribution in [-0.2, 0) is 9.53 Å². The normalized spacial score (nSPS) is 24.9. The van der Waals surface area contributed by atoms with Crippen LogP contribution in [0.4, 0.5) is 4.79 Å². The maximum Gasteiger partial charge on any atom is 0.410 e. The summed E-state index contributed by atoms with van der Waals surface area (Å²) in [6.45, 7) is 5.76. The predicted molar refractivity (Wildman–Crippen MR) is 58.2 cm³/mol. The molecule has 1 saturated heterocycles. The first kappa shape index (κ1) is 12.8. The summed E-state index contributed by atoms with van der Waals surface area (Å²) < 4.78 is 5.07. The van der Waals surface area contributed by atoms with E-state index in [9.17, 15) is 14.7 Å². The average molecular weight is 229 g/mol. The molecule has 1 rings (SSSR count). The highest BCUT2D eigenvalue weighted by Gasteiger charge is 2.49. The number of carbonyl (C=O) groups is 2. The Labute approximate surface area is 95.4 Å². The van der Waals surface area contributed by atoms with E-state index in [4.69, 9.17) is 4.74 Å². The highest BCUT2D eigenvalue weighted by Crippen LogP contribution is 2.33. The molecule has 0 aromatic heterocycles. The number of hydrogen-bond donors (Lipinski definition) is 1. The first-order chi connectivity index (χ1) is 7.44. The molecule has 1 fully saturated rings. The predicted octanol–water partition coefficient (Wildman–Crippen LogP) is 1.86. The number of aliphatic carboxylic acids is 1. The van der Waals surface area contributed by atoms with Crippen LogP contribution in [0.1, 0.15) is 40.0 Å². The summed E-state index contributed by atoms with van der Waals surface area (Å²) in [5.74, 6) is -0.937. The van der Waals surface area contributed by atoms with Gasteiger partial charge >= 0.3 is 12.1 Å². The van der Waals surface area contributed by atoms with Crippen molar-refractivity contribution in [2.24, 2.45) is 0 Å². The average Bonchev–Trinajstić information content (AvgIpc) is 2.60. The molecule has 0 saturated carbocycles. The minimum absolute atomic E-state index is 0.226. The van der Waals surface area contributed by atoms with Crippen molar-refractivity contribution in [2.45, 2.75) is 51.7 Å². The van der Waals surface area contributed by atoms with Crippen LogP contribution in [0.2, 0.25) is 0 Å². The Kier molecular flexibility index (Phi) is 3.78. The second-order valence-electron chi connectivity index (χ2n) is 4.38. The van der Waals surface area contributed by atoms with Crippen LogP contribution < -0.4 is 0 Å². The van der Waals surface area contributed by atoms with Gasteiger partial charge in [0.2, 0.25) is 0 Å². The fourth-order valence-corrected chi connectivity index (χ4v) is 2.15. The van der Waals surface area contributed by atoms with Crippen molar-refractivity contribution in [2.75, 3.05) is 6.54 Å². The van der Waals surface area contributed by atoms with Crippen LogP contribution in [0.25, 0.3) is 0 Å². The fourth-order valence-electron chi connectivity index (χ4n) is 2.15. The Hall–Kier alpha value is -1.26. The molecule has 0 bridgehead atoms. The van der Waals surface area contributed by atoms with Gasteiger partial charge in [-0.2, -0.15) is 0 Å². The summed E-state index contributed by atoms with van der Waals surface area (Å²) in [6, 6.07) is 0. The lowest BCUT2D eigenvalue weighted by molar-refractivity contribution is -0.149. The number of amides is 1. The van der Waals surface area contributed by atoms with Gasteiger partial charge in [-0.05, 0) is 33.1 Å². The molecule has 0 aromatic carbocycles. The molecule has 5 nitrogen and oxygen atoms in total. The molecule has 1 unspecified atom stereocenters. The summed E-state index contributed by atoms with van der Waals surface area (Å²) >= 11 is 0. The van der Waals surface area contributed by atoms with Crippen molar-refractivity contribution >= 4 is 12.1 Å². The van der Waals surface area contributed by atoms with Crippen molar-refractivity contribution in [1.82, 2.24) is 4.90 Å². The molecule has 5 heteroatoms. The smallest absolute Gasteiger partial charge is 0.410 e. The number of carboxylic acid groups (broad SMARTS) is 1. The summed E-state index contributed by atoms with van der Waals surface area (Å²) in [6.07, 6.45) is 0.891. The van der Waals surface area contributed by atoms with Gasteiger partial charge in [0, 0.05) is 6.54 Å². The Bertz CT molecular complexity index is 290. The van der Waals surface area contributed by atoms with Crippen LogP contribution in [-0.4, -0.2) is 40.3 Å². The van der Waals surface area contributed by atoms with E-state index in [0.717, 1.165) is 0 Å². The molecule has 1 atom stereocenters. The topological polar surface area (TPSA) is 66.8 Å². The van der Waals surface area contributed by atoms with Crippen molar-refractivity contribution in [3.63, 3.8) is 0 Å². The van der Waals surface area contributed by atoms with Gasteiger partial charge in [0.05, 0.1) is 6.10 Å². The van der Waals surface area contributed by atoms with Crippen molar-refractivity contribution in [3.05, 3.63) is 0 Å². The molecule has 1 aliphatic rings. The van der Waals surface area contributed by atoms with E-state index in [1.165, 1.54) is 4.90 Å². The first-order valence-corrected chi connectivity index (χ1v) is 5.65. The monoisotopic (exact) mass is 229 g/mol. The van der Waals surface area contributed by atoms with E-state index in [1.54, 1.807) is 20.8 Å². The Morgan fingerprint density at radius 2 is 2.12 bits per heavy atom. The third-order valence-corrected chi connectivity index (χ3v) is 3.03. The van der Waals surface area contributed by atoms with Crippen LogP contribution >= 0.6 is 0 Å². The van der Waals surface area contributed by atoms with Crippen LogP contribution in [0.3, 0.4) is 0 Å². The molecule has 0 radical (unpaired) electrons. The molecular formula is C11H19NO4. The summed E-state index contributed by atoms with van der Waals surface area (Å²) in [5, 5.41) is 9.27. The van der Waals surface area contributed by atoms with Crippen LogP contribution in [0.15, 0.2) is 0 Å². The molecule has 0 aromatic rings. The van der Waals surface area contributed by atoms with E-state index < -0.39 is 17.6 Å². The van der Waals surface area contributed by atoms with Gasteiger partial charge in [-0.3, -0.25) is 4.90 Å². The lowest BCUT2D eigenvalue weighted by Gasteiger charge is -2.33. The summed E-state index contributed by atoms with van der Waals surface area (Å²) in [5.41, 5.74) is -1.06. The number of rotatable bonds is 3. The molecule has 0 spiro atoms. The van der Waals surface area contributed by atoms with Crippen molar-refractivity contribution in [3.8, 4) is 0 Å². The highest BCUT2D eigenvalue weighted by atomic mass is 16.6. The van der Waals surface area contributed by atoms with E-state index in [0.29, 0.717) is 25.8 Å². The molecular weight excluding hydrogens is 210 g/mol. The quantitative estimate of drug-likeness (QED) is 0.802. The molecule has 92 valence electrons. The van der Waals surface area contributed by atoms with Gasteiger partial charge in [-0.1, -0.05) is 6.92 Å². The second-order valence-corrected chi connectivity index (χ2v) is 4.38. The number of hydrogen-bond acceptors (Lipinski definition) is 3. The maximum absolute atomic E-state index is 11.8. The standard InChI is InChI=1S/C11H19NO4/c1-4-11(9(13)14)6-5-7-12(11)10(15)16-8(2)3/h8H,4-7H2,1-3H3,(H,13,14). The molecule has 1 N–H and O–H groups in total. The van der Waals surface area contributed by atoms with Gasteiger partial charge < -0.3 is 9.84 Å². The number of ether oxygens (including phenoxy) is 1. The van der Waals surface area contributed by atoms with Crippen molar-refractivity contribution in [1.29, 1.82) is 0 Å². The van der Waals surface area contributed by atoms with Gasteiger partial charge in [0.15, 0.2) is 0 Å². The fraction of sp³-hybridized carbons (Fsp3) is 0.818. The Balaban J connectivity index is 2.86. The van der Waals surface area contributed by atoms with Gasteiger partial charge in [0.1, 0.15) is 5.54 Å². The Morgan fingerprint density at radius 3 is 2.56 bits per heavy atom. The summed E-state index contributed by atoms with van der Waals surface area (Å²) in [7, 11) is 0. The van der Waals surface area contributed by atoms with Gasteiger partial charge in [0.25, 0.3) is 0 Å². The second kappa shape index (κ2) is 4.72. The number of carboxylic acids is 1. The minimum atomic E-state index is -1.06. The SMILES string of the molecule is CCC1(C(=O)O)CCCN1C(=O)OC(C)C. The highest BCUT2D eigenvalue weighted by molar-refractivity contribution is 5.85. The van der Waals surface area contributed by atoms with Crippen LogP contribution in [0.5, 0.6) is 0 Å². The summed E-state index contributed by atoms with van der Waals surface area (Å²) in [4.78, 5) is 24.4. The lowest BCUT2D eigenvalue weighted by Crippen LogP contribution is -2.53. The van der Waals surface area contributed by atoms with Crippen LogP contribution in [0, 0.1) is 0 Å². The number of likely N-dealkylation sites (tertiary alicyclic amines) is 1. The zero-order chi connectivity index (χ0) is 12.3. The zero-order valence-corrected chi connectivity index (χ0v) is 10.0. The molecule has 0 aliphatic carbocycles. The third kappa shape index (κ3) is 2.13. The van der Waals surface area contributed by atoms with E-state index in [-0.39, 0.29) is 6.10 Å². The first-order valence-electron chi connectivity index (χ1n) is 5.65. The maximum atomic E-state index is 11.8. The van der Waals surface area contributed by atoms with Gasteiger partial charge in [-0.15, -0.1) is 0 Å². The molecule has 1 amide bonds. The minimum Gasteiger partial charge on any atom is -0.479 e. The molecule has 1 heterocycles. The third-order valence-electron chi connectivity index (χ3n) is 3.03. The molecule has 1 aliphatic heterocycles. The lowest BCUT2D eigenvalue weighted by atomic mass is 9.93. The number of carbonyl (C=O) groups excluding carboxylic acids is 1. The number of nitrogens with zero attached hydrogens (tertiary/aromatic N) is 1. The van der Waals surface area contributed by atoms with E-state index in [1.807, 2.05) is 0 Å². The van der Waals surface area contributed by atoms with E-state index >= 15 is 0 Å². The van der Waals surface area contributed by atoms with E-state index in [2.05, 4.69) is 0 Å². The van der Waals surface area contributed by atoms with Gasteiger partial charge in [-0.25, -0.2) is 9.59 Å². The Morgan fingerprint density at radius 1 is 1.50 bits per heavy atom. The van der Waals surface area contributed by atoms with Crippen molar-refractivity contribution < 1.29 is 19.4 Å². The molecule has 16 heavy (non-hydrogen) atoms.